The van der Waals surface area contributed by atoms with Gasteiger partial charge in [0.25, 0.3) is 0 Å². The van der Waals surface area contributed by atoms with E-state index in [9.17, 15) is 4.79 Å². The van der Waals surface area contributed by atoms with Crippen LogP contribution in [0.1, 0.15) is 13.8 Å². The van der Waals surface area contributed by atoms with E-state index in [1.165, 1.54) is 0 Å². The van der Waals surface area contributed by atoms with Crippen molar-refractivity contribution in [3.8, 4) is 0 Å². The van der Waals surface area contributed by atoms with Crippen LogP contribution in [0.2, 0.25) is 0 Å². The van der Waals surface area contributed by atoms with Crippen molar-refractivity contribution in [2.24, 2.45) is 4.99 Å². The normalized spacial score (nSPS) is 24.5. The molecule has 1 heterocycles. The molecule has 1 saturated heterocycles. The van der Waals surface area contributed by atoms with E-state index in [0.717, 1.165) is 10.9 Å². The lowest BCUT2D eigenvalue weighted by molar-refractivity contribution is -0.119. The van der Waals surface area contributed by atoms with E-state index in [0.29, 0.717) is 12.6 Å². The first kappa shape index (κ1) is 10.4. The molecular formula is C8H15N3OS. The van der Waals surface area contributed by atoms with Crippen LogP contribution in [0.5, 0.6) is 0 Å². The molecule has 1 amide bonds. The van der Waals surface area contributed by atoms with Crippen molar-refractivity contribution in [3.63, 3.8) is 0 Å². The topological polar surface area (TPSA) is 53.5 Å². The number of likely N-dealkylation sites (N-methyl/N-ethyl adjacent to an activating group) is 1. The molecule has 0 spiro atoms. The second-order valence-corrected chi connectivity index (χ2v) is 3.94. The van der Waals surface area contributed by atoms with E-state index in [-0.39, 0.29) is 12.5 Å². The molecule has 0 saturated carbocycles. The lowest BCUT2D eigenvalue weighted by Crippen LogP contribution is -2.27. The van der Waals surface area contributed by atoms with Crippen molar-refractivity contribution in [2.75, 3.05) is 18.8 Å². The molecule has 5 heteroatoms. The smallest absolute Gasteiger partial charge is 0.241 e. The Morgan fingerprint density at radius 1 is 1.85 bits per heavy atom. The number of rotatable bonds is 3. The molecule has 1 unspecified atom stereocenters. The summed E-state index contributed by atoms with van der Waals surface area (Å²) < 4.78 is 0. The number of nitrogens with zero attached hydrogens (tertiary/aromatic N) is 1. The zero-order chi connectivity index (χ0) is 9.68. The second-order valence-electron chi connectivity index (χ2n) is 2.93. The molecule has 13 heavy (non-hydrogen) atoms. The zero-order valence-corrected chi connectivity index (χ0v) is 8.78. The van der Waals surface area contributed by atoms with Gasteiger partial charge in [0, 0.05) is 18.3 Å². The van der Waals surface area contributed by atoms with Crippen molar-refractivity contribution in [1.29, 1.82) is 0 Å². The van der Waals surface area contributed by atoms with Crippen molar-refractivity contribution in [1.82, 2.24) is 10.6 Å². The fraction of sp³-hybridized carbons (Fsp3) is 0.750. The highest BCUT2D eigenvalue weighted by atomic mass is 32.2. The number of amidine groups is 1. The van der Waals surface area contributed by atoms with Crippen LogP contribution < -0.4 is 10.6 Å². The Kier molecular flexibility index (Phi) is 4.08. The molecule has 1 rings (SSSR count). The van der Waals surface area contributed by atoms with E-state index in [4.69, 9.17) is 0 Å². The number of aliphatic imine (C=N–C) groups is 1. The summed E-state index contributed by atoms with van der Waals surface area (Å²) in [6, 6.07) is 0.470. The van der Waals surface area contributed by atoms with E-state index >= 15 is 0 Å². The Bertz CT molecular complexity index is 217. The minimum Gasteiger partial charge on any atom is -0.362 e. The van der Waals surface area contributed by atoms with Gasteiger partial charge in [0.2, 0.25) is 5.91 Å². The first-order valence-corrected chi connectivity index (χ1v) is 5.41. The number of carbonyl (C=O) groups is 1. The summed E-state index contributed by atoms with van der Waals surface area (Å²) in [5.41, 5.74) is 0. The maximum atomic E-state index is 11.0. The third-order valence-electron chi connectivity index (χ3n) is 1.58. The SMILES string of the molecule is CCNC(=O)CN=C1NC(C)CS1. The van der Waals surface area contributed by atoms with Gasteiger partial charge < -0.3 is 10.6 Å². The molecule has 1 fully saturated rings. The summed E-state index contributed by atoms with van der Waals surface area (Å²) in [5.74, 6) is 1.02. The molecule has 0 aromatic heterocycles. The van der Waals surface area contributed by atoms with Gasteiger partial charge in [0.1, 0.15) is 6.54 Å². The molecule has 0 bridgehead atoms. The molecule has 74 valence electrons. The molecule has 1 aliphatic heterocycles. The van der Waals surface area contributed by atoms with Crippen LogP contribution in [-0.2, 0) is 4.79 Å². The summed E-state index contributed by atoms with van der Waals surface area (Å²) in [6.07, 6.45) is 0. The van der Waals surface area contributed by atoms with Gasteiger partial charge in [0.05, 0.1) is 0 Å². The number of thioether (sulfide) groups is 1. The zero-order valence-electron chi connectivity index (χ0n) is 7.96. The predicted molar refractivity (Wildman–Crippen MR) is 56.0 cm³/mol. The fourth-order valence-corrected chi connectivity index (χ4v) is 1.92. The quantitative estimate of drug-likeness (QED) is 0.686. The van der Waals surface area contributed by atoms with E-state index < -0.39 is 0 Å². The lowest BCUT2D eigenvalue weighted by atomic mass is 10.4. The van der Waals surface area contributed by atoms with Gasteiger partial charge in [0.15, 0.2) is 5.17 Å². The highest BCUT2D eigenvalue weighted by Gasteiger charge is 2.15. The Morgan fingerprint density at radius 2 is 2.62 bits per heavy atom. The van der Waals surface area contributed by atoms with Crippen LogP contribution in [0.25, 0.3) is 0 Å². The molecule has 0 aliphatic carbocycles. The molecule has 4 nitrogen and oxygen atoms in total. The van der Waals surface area contributed by atoms with Gasteiger partial charge in [-0.1, -0.05) is 11.8 Å². The third kappa shape index (κ3) is 3.67. The molecule has 1 aliphatic rings. The Morgan fingerprint density at radius 3 is 3.15 bits per heavy atom. The summed E-state index contributed by atoms with van der Waals surface area (Å²) in [7, 11) is 0. The van der Waals surface area contributed by atoms with Crippen molar-refractivity contribution < 1.29 is 4.79 Å². The van der Waals surface area contributed by atoms with Crippen LogP contribution in [0.15, 0.2) is 4.99 Å². The maximum absolute atomic E-state index is 11.0. The highest BCUT2D eigenvalue weighted by Crippen LogP contribution is 2.12. The van der Waals surface area contributed by atoms with Crippen molar-refractivity contribution in [3.05, 3.63) is 0 Å². The standard InChI is InChI=1S/C8H15N3OS/c1-3-9-7(12)4-10-8-11-6(2)5-13-8/h6H,3-5H2,1-2H3,(H,9,12)(H,10,11). The molecule has 0 aromatic carbocycles. The molecule has 1 atom stereocenters. The number of nitrogens with one attached hydrogen (secondary N) is 2. The Balaban J connectivity index is 2.27. The summed E-state index contributed by atoms with van der Waals surface area (Å²) in [5, 5.41) is 6.77. The van der Waals surface area contributed by atoms with Gasteiger partial charge in [-0.15, -0.1) is 0 Å². The number of hydrogen-bond donors (Lipinski definition) is 2. The van der Waals surface area contributed by atoms with E-state index in [1.807, 2.05) is 6.92 Å². The monoisotopic (exact) mass is 201 g/mol. The average Bonchev–Trinajstić information content (AvgIpc) is 2.49. The van der Waals surface area contributed by atoms with Crippen LogP contribution in [-0.4, -0.2) is 36.0 Å². The highest BCUT2D eigenvalue weighted by molar-refractivity contribution is 8.14. The Labute approximate surface area is 82.6 Å². The van der Waals surface area contributed by atoms with Crippen LogP contribution in [0.3, 0.4) is 0 Å². The van der Waals surface area contributed by atoms with E-state index in [1.54, 1.807) is 11.8 Å². The van der Waals surface area contributed by atoms with Crippen LogP contribution in [0, 0.1) is 0 Å². The van der Waals surface area contributed by atoms with Crippen molar-refractivity contribution >= 4 is 22.8 Å². The lowest BCUT2D eigenvalue weighted by Gasteiger charge is -2.01. The molecule has 0 radical (unpaired) electrons. The minimum absolute atomic E-state index is 0.0167. The molecule has 2 N–H and O–H groups in total. The Hall–Kier alpha value is -0.710. The van der Waals surface area contributed by atoms with E-state index in [2.05, 4.69) is 22.5 Å². The first-order valence-electron chi connectivity index (χ1n) is 4.43. The van der Waals surface area contributed by atoms with Crippen LogP contribution >= 0.6 is 11.8 Å². The number of amides is 1. The first-order chi connectivity index (χ1) is 6.22. The maximum Gasteiger partial charge on any atom is 0.241 e. The fourth-order valence-electron chi connectivity index (χ4n) is 0.986. The van der Waals surface area contributed by atoms with Gasteiger partial charge in [-0.05, 0) is 13.8 Å². The minimum atomic E-state index is -0.0167. The van der Waals surface area contributed by atoms with Gasteiger partial charge in [-0.25, -0.2) is 0 Å². The molecular weight excluding hydrogens is 186 g/mol. The van der Waals surface area contributed by atoms with Crippen LogP contribution in [0.4, 0.5) is 0 Å². The largest absolute Gasteiger partial charge is 0.362 e. The molecule has 0 aromatic rings. The van der Waals surface area contributed by atoms with Gasteiger partial charge >= 0.3 is 0 Å². The predicted octanol–water partition coefficient (Wildman–Crippen LogP) is 0.203. The average molecular weight is 201 g/mol. The third-order valence-corrected chi connectivity index (χ3v) is 2.77. The van der Waals surface area contributed by atoms with Gasteiger partial charge in [-0.2, -0.15) is 0 Å². The number of hydrogen-bond acceptors (Lipinski definition) is 3. The van der Waals surface area contributed by atoms with Gasteiger partial charge in [-0.3, -0.25) is 9.79 Å². The summed E-state index contributed by atoms with van der Waals surface area (Å²) in [6.45, 7) is 4.90. The number of carbonyl (C=O) groups excluding carboxylic acids is 1. The summed E-state index contributed by atoms with van der Waals surface area (Å²) in [4.78, 5) is 15.2. The second kappa shape index (κ2) is 5.11. The van der Waals surface area contributed by atoms with Crippen molar-refractivity contribution in [2.45, 2.75) is 19.9 Å². The summed E-state index contributed by atoms with van der Waals surface area (Å²) >= 11 is 1.67.